The van der Waals surface area contributed by atoms with Crippen molar-refractivity contribution in [2.24, 2.45) is 0 Å². The molecule has 0 saturated carbocycles. The van der Waals surface area contributed by atoms with Crippen LogP contribution in [0.3, 0.4) is 0 Å². The number of alkyl halides is 6. The number of nitrogens with zero attached hydrogens (tertiary/aromatic N) is 3. The smallest absolute Gasteiger partial charge is 0.328 e. The normalized spacial score (nSPS) is 12.3. The molecule has 25 heavy (non-hydrogen) atoms. The van der Waals surface area contributed by atoms with E-state index in [2.05, 4.69) is 15.0 Å². The Bertz CT molecular complexity index is 688. The number of rotatable bonds is 5. The molecule has 2 aromatic heterocycles. The summed E-state index contributed by atoms with van der Waals surface area (Å²) in [5.74, 6) is 1.30. The molecule has 0 atom stereocenters. The van der Waals surface area contributed by atoms with E-state index in [9.17, 15) is 0 Å². The van der Waals surface area contributed by atoms with Gasteiger partial charge in [-0.3, -0.25) is 0 Å². The first-order valence-electron chi connectivity index (χ1n) is 6.64. The zero-order valence-electron chi connectivity index (χ0n) is 12.8. The topological polar surface area (TPSA) is 70.3 Å². The van der Waals surface area contributed by atoms with Gasteiger partial charge in [0.2, 0.25) is 13.3 Å². The Morgan fingerprint density at radius 3 is 1.84 bits per heavy atom. The minimum atomic E-state index is -1.89. The van der Waals surface area contributed by atoms with Gasteiger partial charge in [-0.15, -0.1) is 0 Å². The summed E-state index contributed by atoms with van der Waals surface area (Å²) in [7, 11) is 2.97. The van der Waals surface area contributed by atoms with Gasteiger partial charge in [0, 0.05) is 18.9 Å². The molecule has 0 radical (unpaired) electrons. The molecule has 0 saturated heterocycles. The molecule has 0 fully saturated rings. The van der Waals surface area contributed by atoms with Gasteiger partial charge in [-0.1, -0.05) is 69.6 Å². The van der Waals surface area contributed by atoms with Gasteiger partial charge < -0.3 is 13.9 Å². The molecule has 0 spiro atoms. The van der Waals surface area contributed by atoms with Crippen molar-refractivity contribution in [1.29, 1.82) is 0 Å². The quantitative estimate of drug-likeness (QED) is 0.579. The van der Waals surface area contributed by atoms with Gasteiger partial charge in [0.15, 0.2) is 11.6 Å². The summed E-state index contributed by atoms with van der Waals surface area (Å²) in [5.41, 5.74) is 0. The third kappa shape index (κ3) is 5.55. The van der Waals surface area contributed by atoms with Gasteiger partial charge in [0.1, 0.15) is 11.6 Å². The lowest BCUT2D eigenvalue weighted by molar-refractivity contribution is 0.272. The van der Waals surface area contributed by atoms with Crippen LogP contribution in [-0.4, -0.2) is 29.2 Å². The van der Waals surface area contributed by atoms with E-state index in [0.717, 1.165) is 0 Å². The number of furan rings is 1. The third-order valence-electron chi connectivity index (χ3n) is 2.91. The largest absolute Gasteiger partial charge is 0.490 e. The fourth-order valence-corrected chi connectivity index (χ4v) is 2.34. The van der Waals surface area contributed by atoms with Crippen LogP contribution < -0.4 is 9.47 Å². The molecule has 12 heteroatoms. The first-order valence-corrected chi connectivity index (χ1v) is 8.91. The molecule has 0 aromatic carbocycles. The summed E-state index contributed by atoms with van der Waals surface area (Å²) in [6.07, 6.45) is 0.714. The third-order valence-corrected chi connectivity index (χ3v) is 3.92. The van der Waals surface area contributed by atoms with Crippen molar-refractivity contribution in [3.05, 3.63) is 29.3 Å². The summed E-state index contributed by atoms with van der Waals surface area (Å²) < 4.78 is 11.9. The zero-order chi connectivity index (χ0) is 18.8. The lowest BCUT2D eigenvalue weighted by Crippen LogP contribution is -2.18. The fourth-order valence-electron chi connectivity index (χ4n) is 1.83. The SMILES string of the molecule is COc1cc(CCc2nc(C(Cl)(Cl)Cl)nc(C(Cl)(Cl)Cl)n2)oc1OC. The van der Waals surface area contributed by atoms with E-state index in [1.165, 1.54) is 14.2 Å². The number of hydrogen-bond acceptors (Lipinski definition) is 6. The number of hydrogen-bond donors (Lipinski definition) is 0. The predicted molar refractivity (Wildman–Crippen MR) is 97.5 cm³/mol. The van der Waals surface area contributed by atoms with Crippen molar-refractivity contribution in [1.82, 2.24) is 15.0 Å². The molecule has 138 valence electrons. The van der Waals surface area contributed by atoms with Crippen molar-refractivity contribution in [3.63, 3.8) is 0 Å². The second kappa shape index (κ2) is 8.11. The van der Waals surface area contributed by atoms with Crippen LogP contribution in [0.5, 0.6) is 11.7 Å². The van der Waals surface area contributed by atoms with Crippen LogP contribution in [0.1, 0.15) is 23.2 Å². The van der Waals surface area contributed by atoms with Crippen molar-refractivity contribution >= 4 is 69.6 Å². The molecule has 0 amide bonds. The molecule has 2 rings (SSSR count). The Labute approximate surface area is 173 Å². The molecular weight excluding hydrogens is 459 g/mol. The van der Waals surface area contributed by atoms with E-state index in [0.29, 0.717) is 24.4 Å². The molecule has 0 bridgehead atoms. The van der Waals surface area contributed by atoms with Gasteiger partial charge in [0.25, 0.3) is 0 Å². The Balaban J connectivity index is 2.28. The molecule has 6 nitrogen and oxygen atoms in total. The van der Waals surface area contributed by atoms with Crippen molar-refractivity contribution in [2.75, 3.05) is 14.2 Å². The monoisotopic (exact) mass is 467 g/mol. The Morgan fingerprint density at radius 2 is 1.44 bits per heavy atom. The van der Waals surface area contributed by atoms with Crippen LogP contribution in [0.2, 0.25) is 0 Å². The highest BCUT2D eigenvalue weighted by Gasteiger charge is 2.33. The Morgan fingerprint density at radius 1 is 0.880 bits per heavy atom. The zero-order valence-corrected chi connectivity index (χ0v) is 17.4. The lowest BCUT2D eigenvalue weighted by Gasteiger charge is -2.15. The van der Waals surface area contributed by atoms with Crippen LogP contribution in [0.4, 0.5) is 0 Å². The number of halogens is 6. The Kier molecular flexibility index (Phi) is 6.79. The van der Waals surface area contributed by atoms with E-state index in [4.69, 9.17) is 83.5 Å². The minimum Gasteiger partial charge on any atom is -0.490 e. The Hall–Kier alpha value is -0.370. The molecule has 0 aliphatic rings. The van der Waals surface area contributed by atoms with Gasteiger partial charge in [-0.2, -0.15) is 0 Å². The molecule has 0 aliphatic carbocycles. The van der Waals surface area contributed by atoms with Gasteiger partial charge in [-0.05, 0) is 0 Å². The van der Waals surface area contributed by atoms with Crippen LogP contribution in [0, 0.1) is 0 Å². The van der Waals surface area contributed by atoms with Gasteiger partial charge >= 0.3 is 5.95 Å². The second-order valence-corrected chi connectivity index (χ2v) is 9.23. The van der Waals surface area contributed by atoms with E-state index in [-0.39, 0.29) is 23.4 Å². The molecule has 0 N–H and O–H groups in total. The standard InChI is InChI=1S/C13H11Cl6N3O3/c1-23-7-5-6(25-9(7)24-2)3-4-8-20-10(12(14,15)16)22-11(21-8)13(17,18)19/h5H,3-4H2,1-2H3. The molecule has 2 heterocycles. The molecule has 0 aliphatic heterocycles. The van der Waals surface area contributed by atoms with E-state index in [1.807, 2.05) is 0 Å². The summed E-state index contributed by atoms with van der Waals surface area (Å²) in [5, 5.41) is 0. The molecular formula is C13H11Cl6N3O3. The van der Waals surface area contributed by atoms with Crippen LogP contribution in [0.15, 0.2) is 10.5 Å². The summed E-state index contributed by atoms with van der Waals surface area (Å²) >= 11 is 35.0. The highest BCUT2D eigenvalue weighted by molar-refractivity contribution is 6.67. The second-order valence-electron chi connectivity index (χ2n) is 4.67. The molecule has 2 aromatic rings. The van der Waals surface area contributed by atoms with Crippen LogP contribution in [-0.2, 0) is 20.4 Å². The first kappa shape index (κ1) is 20.9. The first-order chi connectivity index (χ1) is 11.5. The van der Waals surface area contributed by atoms with Crippen molar-refractivity contribution < 1.29 is 13.9 Å². The highest BCUT2D eigenvalue weighted by atomic mass is 35.6. The van der Waals surface area contributed by atoms with Crippen LogP contribution >= 0.6 is 69.6 Å². The van der Waals surface area contributed by atoms with E-state index >= 15 is 0 Å². The van der Waals surface area contributed by atoms with Crippen molar-refractivity contribution in [3.8, 4) is 11.7 Å². The maximum atomic E-state index is 5.83. The maximum absolute atomic E-state index is 5.83. The maximum Gasteiger partial charge on any atom is 0.328 e. The molecule has 0 unspecified atom stereocenters. The number of ether oxygens (including phenoxy) is 2. The van der Waals surface area contributed by atoms with Crippen LogP contribution in [0.25, 0.3) is 0 Å². The summed E-state index contributed by atoms with van der Waals surface area (Å²) in [4.78, 5) is 12.1. The average Bonchev–Trinajstić information content (AvgIpc) is 2.93. The van der Waals surface area contributed by atoms with E-state index < -0.39 is 7.59 Å². The fraction of sp³-hybridized carbons (Fsp3) is 0.462. The average molecular weight is 470 g/mol. The lowest BCUT2D eigenvalue weighted by atomic mass is 10.2. The van der Waals surface area contributed by atoms with Gasteiger partial charge in [0.05, 0.1) is 14.2 Å². The predicted octanol–water partition coefficient (Wildman–Crippen LogP) is 4.92. The minimum absolute atomic E-state index is 0.140. The summed E-state index contributed by atoms with van der Waals surface area (Å²) in [6.45, 7) is 0. The summed E-state index contributed by atoms with van der Waals surface area (Å²) in [6, 6.07) is 1.69. The highest BCUT2D eigenvalue weighted by Crippen LogP contribution is 2.40. The number of aryl methyl sites for hydroxylation is 2. The van der Waals surface area contributed by atoms with Crippen molar-refractivity contribution in [2.45, 2.75) is 20.4 Å². The van der Waals surface area contributed by atoms with Gasteiger partial charge in [-0.25, -0.2) is 15.0 Å². The number of methoxy groups -OCH3 is 2. The number of aromatic nitrogens is 3. The van der Waals surface area contributed by atoms with E-state index in [1.54, 1.807) is 6.07 Å².